The predicted molar refractivity (Wildman–Crippen MR) is 92.3 cm³/mol. The lowest BCUT2D eigenvalue weighted by atomic mass is 10.3. The van der Waals surface area contributed by atoms with Gasteiger partial charge < -0.3 is 14.4 Å². The third kappa shape index (κ3) is 5.95. The molecule has 23 heavy (non-hydrogen) atoms. The van der Waals surface area contributed by atoms with Crippen LogP contribution in [0.15, 0.2) is 6.07 Å². The summed E-state index contributed by atoms with van der Waals surface area (Å²) in [4.78, 5) is 13.8. The van der Waals surface area contributed by atoms with Crippen LogP contribution in [0.3, 0.4) is 0 Å². The highest BCUT2D eigenvalue weighted by atomic mass is 16.5. The van der Waals surface area contributed by atoms with E-state index in [0.717, 1.165) is 70.4 Å². The van der Waals surface area contributed by atoms with Gasteiger partial charge in [-0.1, -0.05) is 13.8 Å². The molecule has 0 radical (unpaired) electrons. The van der Waals surface area contributed by atoms with Crippen molar-refractivity contribution in [3.63, 3.8) is 0 Å². The van der Waals surface area contributed by atoms with Crippen molar-refractivity contribution in [2.75, 3.05) is 57.4 Å². The second-order valence-corrected chi connectivity index (χ2v) is 5.94. The molecule has 1 aliphatic heterocycles. The highest BCUT2D eigenvalue weighted by molar-refractivity contribution is 5.34. The smallest absolute Gasteiger partial charge is 0.228 e. The summed E-state index contributed by atoms with van der Waals surface area (Å²) in [6.45, 7) is 13.5. The zero-order valence-corrected chi connectivity index (χ0v) is 14.8. The molecule has 1 aliphatic rings. The maximum absolute atomic E-state index is 5.88. The Morgan fingerprint density at radius 2 is 1.87 bits per heavy atom. The van der Waals surface area contributed by atoms with Crippen LogP contribution in [0.4, 0.5) is 5.95 Å². The summed E-state index contributed by atoms with van der Waals surface area (Å²) in [7, 11) is 0. The van der Waals surface area contributed by atoms with Gasteiger partial charge in [0.15, 0.2) is 0 Å². The molecule has 0 aromatic carbocycles. The number of morpholine rings is 1. The Balaban J connectivity index is 1.92. The van der Waals surface area contributed by atoms with Crippen LogP contribution in [0.1, 0.15) is 32.4 Å². The van der Waals surface area contributed by atoms with E-state index in [0.29, 0.717) is 12.5 Å². The molecular formula is C17H30N4O2. The van der Waals surface area contributed by atoms with Gasteiger partial charge in [0.2, 0.25) is 11.8 Å². The maximum Gasteiger partial charge on any atom is 0.228 e. The van der Waals surface area contributed by atoms with Gasteiger partial charge in [-0.25, -0.2) is 4.98 Å². The molecule has 0 spiro atoms. The molecule has 0 saturated carbocycles. The van der Waals surface area contributed by atoms with E-state index in [4.69, 9.17) is 9.47 Å². The number of aryl methyl sites for hydroxylation is 1. The topological polar surface area (TPSA) is 50.7 Å². The Kier molecular flexibility index (Phi) is 7.55. The van der Waals surface area contributed by atoms with Gasteiger partial charge >= 0.3 is 0 Å². The largest absolute Gasteiger partial charge is 0.476 e. The lowest BCUT2D eigenvalue weighted by Crippen LogP contribution is -2.38. The highest BCUT2D eigenvalue weighted by Gasteiger charge is 2.12. The van der Waals surface area contributed by atoms with E-state index in [-0.39, 0.29) is 0 Å². The number of ether oxygens (including phenoxy) is 2. The molecule has 6 heteroatoms. The molecule has 0 bridgehead atoms. The van der Waals surface area contributed by atoms with Gasteiger partial charge in [0.1, 0.15) is 6.61 Å². The highest BCUT2D eigenvalue weighted by Crippen LogP contribution is 2.16. The van der Waals surface area contributed by atoms with Crippen LogP contribution in [-0.2, 0) is 4.74 Å². The van der Waals surface area contributed by atoms with Crippen molar-refractivity contribution in [2.24, 2.45) is 0 Å². The first-order chi connectivity index (χ1) is 11.2. The molecule has 0 atom stereocenters. The minimum absolute atomic E-state index is 0.650. The van der Waals surface area contributed by atoms with Crippen LogP contribution < -0.4 is 9.64 Å². The fraction of sp³-hybridized carbons (Fsp3) is 0.765. The number of anilines is 1. The van der Waals surface area contributed by atoms with E-state index in [1.54, 1.807) is 0 Å². The number of rotatable bonds is 9. The Morgan fingerprint density at radius 3 is 2.52 bits per heavy atom. The van der Waals surface area contributed by atoms with Crippen LogP contribution in [0, 0.1) is 6.92 Å². The molecule has 0 aliphatic carbocycles. The Morgan fingerprint density at radius 1 is 1.17 bits per heavy atom. The van der Waals surface area contributed by atoms with Crippen molar-refractivity contribution in [2.45, 2.75) is 33.6 Å². The molecule has 2 rings (SSSR count). The first-order valence-corrected chi connectivity index (χ1v) is 8.76. The number of nitrogens with zero attached hydrogens (tertiary/aromatic N) is 4. The summed E-state index contributed by atoms with van der Waals surface area (Å²) in [5.41, 5.74) is 0.952. The Bertz CT molecular complexity index is 458. The van der Waals surface area contributed by atoms with Crippen LogP contribution in [-0.4, -0.2) is 67.4 Å². The lowest BCUT2D eigenvalue weighted by Gasteiger charge is -2.26. The molecule has 0 unspecified atom stereocenters. The van der Waals surface area contributed by atoms with E-state index in [2.05, 4.69) is 33.6 Å². The molecule has 1 aromatic heterocycles. The van der Waals surface area contributed by atoms with Crippen LogP contribution in [0.5, 0.6) is 5.88 Å². The lowest BCUT2D eigenvalue weighted by molar-refractivity contribution is 0.0320. The number of hydrogen-bond acceptors (Lipinski definition) is 6. The Labute approximate surface area is 139 Å². The first-order valence-electron chi connectivity index (χ1n) is 8.76. The number of aromatic nitrogens is 2. The third-order valence-electron chi connectivity index (χ3n) is 3.85. The van der Waals surface area contributed by atoms with Gasteiger partial charge in [0, 0.05) is 44.5 Å². The maximum atomic E-state index is 5.88. The van der Waals surface area contributed by atoms with Gasteiger partial charge in [-0.3, -0.25) is 4.90 Å². The average molecular weight is 322 g/mol. The van der Waals surface area contributed by atoms with Crippen LogP contribution >= 0.6 is 0 Å². The van der Waals surface area contributed by atoms with Gasteiger partial charge in [0.25, 0.3) is 0 Å². The van der Waals surface area contributed by atoms with E-state index in [1.165, 1.54) is 0 Å². The normalized spacial score (nSPS) is 15.6. The fourth-order valence-electron chi connectivity index (χ4n) is 2.70. The van der Waals surface area contributed by atoms with Gasteiger partial charge in [-0.15, -0.1) is 0 Å². The van der Waals surface area contributed by atoms with Crippen molar-refractivity contribution in [1.82, 2.24) is 14.9 Å². The zero-order chi connectivity index (χ0) is 16.5. The molecule has 1 aromatic rings. The third-order valence-corrected chi connectivity index (χ3v) is 3.85. The first kappa shape index (κ1) is 17.9. The summed E-state index contributed by atoms with van der Waals surface area (Å²) >= 11 is 0. The predicted octanol–water partition coefficient (Wildman–Crippen LogP) is 2.12. The van der Waals surface area contributed by atoms with Gasteiger partial charge in [0.05, 0.1) is 13.2 Å². The summed E-state index contributed by atoms with van der Waals surface area (Å²) in [6, 6.07) is 1.92. The monoisotopic (exact) mass is 322 g/mol. The number of hydrogen-bond donors (Lipinski definition) is 0. The fourth-order valence-corrected chi connectivity index (χ4v) is 2.70. The molecule has 1 saturated heterocycles. The van der Waals surface area contributed by atoms with Crippen molar-refractivity contribution in [1.29, 1.82) is 0 Å². The molecule has 130 valence electrons. The molecule has 0 amide bonds. The van der Waals surface area contributed by atoms with E-state index < -0.39 is 0 Å². The van der Waals surface area contributed by atoms with E-state index in [1.807, 2.05) is 13.0 Å². The zero-order valence-electron chi connectivity index (χ0n) is 14.8. The van der Waals surface area contributed by atoms with Crippen molar-refractivity contribution in [3.05, 3.63) is 11.8 Å². The van der Waals surface area contributed by atoms with Crippen molar-refractivity contribution < 1.29 is 9.47 Å². The quantitative estimate of drug-likeness (QED) is 0.694. The molecule has 1 fully saturated rings. The van der Waals surface area contributed by atoms with Crippen LogP contribution in [0.25, 0.3) is 0 Å². The summed E-state index contributed by atoms with van der Waals surface area (Å²) < 4.78 is 11.2. The Hall–Kier alpha value is -1.40. The summed E-state index contributed by atoms with van der Waals surface area (Å²) in [6.07, 6.45) is 2.18. The van der Waals surface area contributed by atoms with Crippen LogP contribution in [0.2, 0.25) is 0 Å². The van der Waals surface area contributed by atoms with Gasteiger partial charge in [-0.05, 0) is 19.8 Å². The SMILES string of the molecule is CCCN(CCC)c1nc(C)cc(OCCN2CCOCC2)n1. The van der Waals surface area contributed by atoms with Crippen molar-refractivity contribution in [3.8, 4) is 5.88 Å². The second-order valence-electron chi connectivity index (χ2n) is 5.94. The standard InChI is InChI=1S/C17H30N4O2/c1-4-6-21(7-5-2)17-18-15(3)14-16(19-17)23-13-10-20-8-11-22-12-9-20/h14H,4-13H2,1-3H3. The molecule has 0 N–H and O–H groups in total. The molecule has 2 heterocycles. The van der Waals surface area contributed by atoms with E-state index in [9.17, 15) is 0 Å². The van der Waals surface area contributed by atoms with E-state index >= 15 is 0 Å². The average Bonchev–Trinajstić information content (AvgIpc) is 2.55. The minimum Gasteiger partial charge on any atom is -0.476 e. The van der Waals surface area contributed by atoms with Gasteiger partial charge in [-0.2, -0.15) is 4.98 Å². The minimum atomic E-state index is 0.650. The molecule has 6 nitrogen and oxygen atoms in total. The second kappa shape index (κ2) is 9.67. The van der Waals surface area contributed by atoms with Crippen molar-refractivity contribution >= 4 is 5.95 Å². The summed E-state index contributed by atoms with van der Waals surface area (Å²) in [5, 5.41) is 0. The summed E-state index contributed by atoms with van der Waals surface area (Å²) in [5.74, 6) is 1.47. The molecular weight excluding hydrogens is 292 g/mol.